The van der Waals surface area contributed by atoms with E-state index in [2.05, 4.69) is 53.8 Å². The largest absolute Gasteiger partial charge is 0.308 e. The zero-order chi connectivity index (χ0) is 12.6. The molecule has 2 heteroatoms. The summed E-state index contributed by atoms with van der Waals surface area (Å²) < 4.78 is 0. The minimum absolute atomic E-state index is 0.314. The van der Waals surface area contributed by atoms with Gasteiger partial charge in [-0.3, -0.25) is 0 Å². The summed E-state index contributed by atoms with van der Waals surface area (Å²) in [6, 6.07) is 21.2. The maximum atomic E-state index is 6.02. The summed E-state index contributed by atoms with van der Waals surface area (Å²) in [4.78, 5) is 0. The van der Waals surface area contributed by atoms with Gasteiger partial charge in [0.1, 0.15) is 0 Å². The Hall–Kier alpha value is -1.31. The number of halogens is 1. The number of benzene rings is 2. The lowest BCUT2D eigenvalue weighted by molar-refractivity contribution is 0.550. The molecule has 0 aliphatic heterocycles. The van der Waals surface area contributed by atoms with Crippen molar-refractivity contribution in [2.45, 2.75) is 19.0 Å². The molecular weight excluding hydrogens is 242 g/mol. The zero-order valence-electron chi connectivity index (χ0n) is 10.4. The predicted octanol–water partition coefficient (Wildman–Crippen LogP) is 3.63. The maximum absolute atomic E-state index is 6.02. The van der Waals surface area contributed by atoms with E-state index in [1.165, 1.54) is 11.1 Å². The fourth-order valence-electron chi connectivity index (χ4n) is 1.94. The van der Waals surface area contributed by atoms with Crippen LogP contribution in [0.3, 0.4) is 0 Å². The fraction of sp³-hybridized carbons (Fsp3) is 0.250. The highest BCUT2D eigenvalue weighted by Gasteiger charge is 2.07. The van der Waals surface area contributed by atoms with Crippen LogP contribution in [0, 0.1) is 0 Å². The Morgan fingerprint density at radius 3 is 1.94 bits per heavy atom. The quantitative estimate of drug-likeness (QED) is 0.782. The summed E-state index contributed by atoms with van der Waals surface area (Å²) in [5, 5.41) is 3.50. The first kappa shape index (κ1) is 13.1. The van der Waals surface area contributed by atoms with Crippen molar-refractivity contribution in [1.29, 1.82) is 0 Å². The van der Waals surface area contributed by atoms with E-state index in [9.17, 15) is 0 Å². The Morgan fingerprint density at radius 2 is 1.39 bits per heavy atom. The highest BCUT2D eigenvalue weighted by atomic mass is 35.5. The number of alkyl halides is 1. The van der Waals surface area contributed by atoms with Gasteiger partial charge in [0, 0.05) is 18.5 Å². The molecule has 0 saturated heterocycles. The monoisotopic (exact) mass is 259 g/mol. The molecule has 2 aromatic carbocycles. The second kappa shape index (κ2) is 7.20. The van der Waals surface area contributed by atoms with Crippen LogP contribution >= 0.6 is 11.6 Å². The van der Waals surface area contributed by atoms with Crippen molar-refractivity contribution in [3.05, 3.63) is 71.8 Å². The van der Waals surface area contributed by atoms with E-state index >= 15 is 0 Å². The van der Waals surface area contributed by atoms with Crippen LogP contribution in [-0.4, -0.2) is 11.9 Å². The van der Waals surface area contributed by atoms with E-state index < -0.39 is 0 Å². The lowest BCUT2D eigenvalue weighted by Crippen LogP contribution is -2.32. The van der Waals surface area contributed by atoms with Crippen LogP contribution in [0.15, 0.2) is 60.7 Å². The Bertz CT molecular complexity index is 441. The van der Waals surface area contributed by atoms with Crippen molar-refractivity contribution < 1.29 is 0 Å². The van der Waals surface area contributed by atoms with Gasteiger partial charge in [-0.25, -0.2) is 0 Å². The SMILES string of the molecule is ClC[C@H](Cc1ccccc1)NCc1ccccc1. The molecule has 1 N–H and O–H groups in total. The van der Waals surface area contributed by atoms with Crippen LogP contribution in [0.25, 0.3) is 0 Å². The van der Waals surface area contributed by atoms with E-state index in [0.29, 0.717) is 11.9 Å². The average Bonchev–Trinajstić information content (AvgIpc) is 2.45. The number of hydrogen-bond donors (Lipinski definition) is 1. The average molecular weight is 260 g/mol. The molecule has 0 saturated carbocycles. The van der Waals surface area contributed by atoms with E-state index in [4.69, 9.17) is 11.6 Å². The zero-order valence-corrected chi connectivity index (χ0v) is 11.1. The second-order valence-electron chi connectivity index (χ2n) is 4.41. The van der Waals surface area contributed by atoms with Crippen LogP contribution < -0.4 is 5.32 Å². The molecule has 2 rings (SSSR count). The summed E-state index contributed by atoms with van der Waals surface area (Å²) >= 11 is 6.02. The van der Waals surface area contributed by atoms with Gasteiger partial charge in [0.2, 0.25) is 0 Å². The standard InChI is InChI=1S/C16H18ClN/c17-12-16(11-14-7-3-1-4-8-14)18-13-15-9-5-2-6-10-15/h1-10,16,18H,11-13H2/t16-/m0/s1. The first-order chi connectivity index (χ1) is 8.88. The lowest BCUT2D eigenvalue weighted by atomic mass is 10.1. The van der Waals surface area contributed by atoms with Crippen molar-refractivity contribution >= 4 is 11.6 Å². The van der Waals surface area contributed by atoms with Gasteiger partial charge in [0.05, 0.1) is 0 Å². The van der Waals surface area contributed by atoms with Gasteiger partial charge in [0.15, 0.2) is 0 Å². The van der Waals surface area contributed by atoms with Gasteiger partial charge in [-0.1, -0.05) is 60.7 Å². The van der Waals surface area contributed by atoms with E-state index in [1.807, 2.05) is 12.1 Å². The molecule has 0 spiro atoms. The molecule has 0 bridgehead atoms. The molecular formula is C16H18ClN. The Balaban J connectivity index is 1.86. The molecule has 0 aromatic heterocycles. The van der Waals surface area contributed by atoms with Crippen molar-refractivity contribution in [2.24, 2.45) is 0 Å². The number of rotatable bonds is 6. The van der Waals surface area contributed by atoms with E-state index in [-0.39, 0.29) is 0 Å². The summed E-state index contributed by atoms with van der Waals surface area (Å²) in [7, 11) is 0. The van der Waals surface area contributed by atoms with Crippen LogP contribution in [0.4, 0.5) is 0 Å². The normalized spacial score (nSPS) is 12.3. The van der Waals surface area contributed by atoms with Crippen molar-refractivity contribution in [2.75, 3.05) is 5.88 Å². The third kappa shape index (κ3) is 4.17. The maximum Gasteiger partial charge on any atom is 0.0380 e. The second-order valence-corrected chi connectivity index (χ2v) is 4.72. The molecule has 0 aliphatic rings. The molecule has 0 fully saturated rings. The van der Waals surface area contributed by atoms with Crippen molar-refractivity contribution in [1.82, 2.24) is 5.32 Å². The summed E-state index contributed by atoms with van der Waals surface area (Å²) in [6.45, 7) is 0.866. The molecule has 0 unspecified atom stereocenters. The summed E-state index contributed by atoms with van der Waals surface area (Å²) in [5.41, 5.74) is 2.62. The van der Waals surface area contributed by atoms with Crippen LogP contribution in [0.1, 0.15) is 11.1 Å². The molecule has 0 amide bonds. The van der Waals surface area contributed by atoms with Gasteiger partial charge < -0.3 is 5.32 Å². The minimum Gasteiger partial charge on any atom is -0.308 e. The molecule has 94 valence electrons. The third-order valence-electron chi connectivity index (χ3n) is 2.95. The van der Waals surface area contributed by atoms with Gasteiger partial charge in [0.25, 0.3) is 0 Å². The topological polar surface area (TPSA) is 12.0 Å². The number of nitrogens with one attached hydrogen (secondary N) is 1. The number of hydrogen-bond acceptors (Lipinski definition) is 1. The van der Waals surface area contributed by atoms with Crippen molar-refractivity contribution in [3.8, 4) is 0 Å². The lowest BCUT2D eigenvalue weighted by Gasteiger charge is -2.16. The molecule has 2 aromatic rings. The van der Waals surface area contributed by atoms with Gasteiger partial charge in [-0.05, 0) is 17.5 Å². The summed E-state index contributed by atoms with van der Waals surface area (Å²) in [6.07, 6.45) is 0.969. The van der Waals surface area contributed by atoms with Gasteiger partial charge >= 0.3 is 0 Å². The Kier molecular flexibility index (Phi) is 5.25. The first-order valence-electron chi connectivity index (χ1n) is 6.25. The Labute approximate surface area is 114 Å². The molecule has 18 heavy (non-hydrogen) atoms. The van der Waals surface area contributed by atoms with Gasteiger partial charge in [-0.2, -0.15) is 0 Å². The van der Waals surface area contributed by atoms with Crippen LogP contribution in [0.5, 0.6) is 0 Å². The first-order valence-corrected chi connectivity index (χ1v) is 6.79. The smallest absolute Gasteiger partial charge is 0.0380 e. The van der Waals surface area contributed by atoms with Gasteiger partial charge in [-0.15, -0.1) is 11.6 Å². The molecule has 0 heterocycles. The van der Waals surface area contributed by atoms with Crippen LogP contribution in [0.2, 0.25) is 0 Å². The molecule has 0 aliphatic carbocycles. The fourth-order valence-corrected chi connectivity index (χ4v) is 2.16. The predicted molar refractivity (Wildman–Crippen MR) is 77.9 cm³/mol. The van der Waals surface area contributed by atoms with Crippen molar-refractivity contribution in [3.63, 3.8) is 0 Å². The highest BCUT2D eigenvalue weighted by molar-refractivity contribution is 6.18. The Morgan fingerprint density at radius 1 is 0.833 bits per heavy atom. The molecule has 1 nitrogen and oxygen atoms in total. The summed E-state index contributed by atoms with van der Waals surface area (Å²) in [5.74, 6) is 0.627. The molecule has 0 radical (unpaired) electrons. The van der Waals surface area contributed by atoms with E-state index in [1.54, 1.807) is 0 Å². The third-order valence-corrected chi connectivity index (χ3v) is 3.32. The minimum atomic E-state index is 0.314. The molecule has 1 atom stereocenters. The highest BCUT2D eigenvalue weighted by Crippen LogP contribution is 2.06. The van der Waals surface area contributed by atoms with E-state index in [0.717, 1.165) is 13.0 Å². The van der Waals surface area contributed by atoms with Crippen LogP contribution in [-0.2, 0) is 13.0 Å².